The number of hydrogen-bond acceptors (Lipinski definition) is 3. The lowest BCUT2D eigenvalue weighted by Crippen LogP contribution is -2.22. The lowest BCUT2D eigenvalue weighted by atomic mass is 10.00. The molecule has 22 heavy (non-hydrogen) atoms. The Hall–Kier alpha value is -0.943. The zero-order valence-electron chi connectivity index (χ0n) is 14.3. The molecule has 1 aromatic rings. The van der Waals surface area contributed by atoms with Crippen LogP contribution in [0.3, 0.4) is 0 Å². The minimum atomic E-state index is -1.05. The third-order valence-electron chi connectivity index (χ3n) is 3.61. The van der Waals surface area contributed by atoms with Crippen molar-refractivity contribution in [1.82, 2.24) is 0 Å². The highest BCUT2D eigenvalue weighted by Gasteiger charge is 2.15. The average Bonchev–Trinajstić information content (AvgIpc) is 2.46. The fourth-order valence-electron chi connectivity index (χ4n) is 1.91. The first-order chi connectivity index (χ1) is 10.3. The van der Waals surface area contributed by atoms with E-state index in [2.05, 4.69) is 26.2 Å². The first-order valence-electron chi connectivity index (χ1n) is 7.89. The van der Waals surface area contributed by atoms with E-state index in [1.165, 1.54) is 0 Å². The van der Waals surface area contributed by atoms with Crippen LogP contribution in [0.4, 0.5) is 0 Å². The van der Waals surface area contributed by atoms with E-state index in [9.17, 15) is 5.11 Å². The summed E-state index contributed by atoms with van der Waals surface area (Å²) in [4.78, 5) is 0. The van der Waals surface area contributed by atoms with Gasteiger partial charge in [0, 0.05) is 21.1 Å². The molecule has 0 aliphatic rings. The molecule has 0 bridgehead atoms. The van der Waals surface area contributed by atoms with E-state index in [4.69, 9.17) is 9.47 Å². The zero-order valence-corrected chi connectivity index (χ0v) is 15.3. The minimum absolute atomic E-state index is 0.120. The molecule has 1 rings (SSSR count). The Morgan fingerprint density at radius 3 is 2.45 bits per heavy atom. The van der Waals surface area contributed by atoms with Gasteiger partial charge in [-0.05, 0) is 24.1 Å². The predicted molar refractivity (Wildman–Crippen MR) is 94.7 cm³/mol. The van der Waals surface area contributed by atoms with Crippen molar-refractivity contribution in [3.05, 3.63) is 48.0 Å². The van der Waals surface area contributed by atoms with E-state index >= 15 is 0 Å². The van der Waals surface area contributed by atoms with Gasteiger partial charge in [-0.15, -0.1) is 0 Å². The molecule has 3 nitrogen and oxygen atoms in total. The molecule has 0 unspecified atom stereocenters. The SMILES string of the molecule is C=C(C[C@H](O)c1ccccc1)[C@@H](C)OCOCC[Si](C)(C)C. The fraction of sp³-hybridized carbons (Fsp3) is 0.556. The highest BCUT2D eigenvalue weighted by atomic mass is 28.3. The summed E-state index contributed by atoms with van der Waals surface area (Å²) in [6.07, 6.45) is -0.155. The lowest BCUT2D eigenvalue weighted by Gasteiger charge is -2.20. The zero-order chi connectivity index (χ0) is 16.6. The van der Waals surface area contributed by atoms with E-state index in [-0.39, 0.29) is 12.9 Å². The van der Waals surface area contributed by atoms with Gasteiger partial charge in [0.15, 0.2) is 0 Å². The molecular weight excluding hydrogens is 292 g/mol. The van der Waals surface area contributed by atoms with Gasteiger partial charge in [0.25, 0.3) is 0 Å². The standard InChI is InChI=1S/C18H30O3Si/c1-15(13-18(19)17-9-7-6-8-10-17)16(2)21-14-20-11-12-22(3,4)5/h6-10,16,18-19H,1,11-14H2,2-5H3/t16-,18+/m1/s1. The van der Waals surface area contributed by atoms with Gasteiger partial charge in [0.05, 0.1) is 12.2 Å². The Kier molecular flexibility index (Phi) is 8.04. The summed E-state index contributed by atoms with van der Waals surface area (Å²) in [6, 6.07) is 10.8. The van der Waals surface area contributed by atoms with Crippen LogP contribution in [0.25, 0.3) is 0 Å². The summed E-state index contributed by atoms with van der Waals surface area (Å²) < 4.78 is 11.2. The van der Waals surface area contributed by atoms with Crippen molar-refractivity contribution in [3.63, 3.8) is 0 Å². The Morgan fingerprint density at radius 1 is 1.23 bits per heavy atom. The van der Waals surface area contributed by atoms with Crippen molar-refractivity contribution in [1.29, 1.82) is 0 Å². The largest absolute Gasteiger partial charge is 0.388 e. The van der Waals surface area contributed by atoms with Crippen LogP contribution < -0.4 is 0 Å². The van der Waals surface area contributed by atoms with Gasteiger partial charge >= 0.3 is 0 Å². The molecule has 0 amide bonds. The maximum Gasteiger partial charge on any atom is 0.147 e. The summed E-state index contributed by atoms with van der Waals surface area (Å²) in [5.41, 5.74) is 1.78. The summed E-state index contributed by atoms with van der Waals surface area (Å²) in [7, 11) is -1.05. The molecule has 0 saturated carbocycles. The average molecular weight is 323 g/mol. The summed E-state index contributed by atoms with van der Waals surface area (Å²) >= 11 is 0. The monoisotopic (exact) mass is 322 g/mol. The highest BCUT2D eigenvalue weighted by Crippen LogP contribution is 2.22. The number of aliphatic hydroxyl groups is 1. The van der Waals surface area contributed by atoms with Gasteiger partial charge in [-0.2, -0.15) is 0 Å². The van der Waals surface area contributed by atoms with Gasteiger partial charge in [0.2, 0.25) is 0 Å². The van der Waals surface area contributed by atoms with Crippen molar-refractivity contribution in [2.24, 2.45) is 0 Å². The van der Waals surface area contributed by atoms with E-state index < -0.39 is 14.2 Å². The van der Waals surface area contributed by atoms with Crippen molar-refractivity contribution in [2.75, 3.05) is 13.4 Å². The number of hydrogen-bond donors (Lipinski definition) is 1. The molecule has 1 N–H and O–H groups in total. The summed E-state index contributed by atoms with van der Waals surface area (Å²) in [6.45, 7) is 14.0. The van der Waals surface area contributed by atoms with Crippen LogP contribution in [-0.2, 0) is 9.47 Å². The van der Waals surface area contributed by atoms with Crippen LogP contribution in [0.2, 0.25) is 25.7 Å². The second kappa shape index (κ2) is 9.25. The Bertz CT molecular complexity index is 439. The van der Waals surface area contributed by atoms with Gasteiger partial charge in [0.1, 0.15) is 6.79 Å². The van der Waals surface area contributed by atoms with Gasteiger partial charge < -0.3 is 14.6 Å². The number of rotatable bonds is 10. The molecule has 4 heteroatoms. The van der Waals surface area contributed by atoms with Crippen LogP contribution in [0.5, 0.6) is 0 Å². The first kappa shape index (κ1) is 19.1. The molecule has 0 aliphatic carbocycles. The molecule has 2 atom stereocenters. The number of aliphatic hydroxyl groups excluding tert-OH is 1. The molecule has 1 aromatic carbocycles. The van der Waals surface area contributed by atoms with Gasteiger partial charge in [-0.25, -0.2) is 0 Å². The molecule has 0 aliphatic heterocycles. The van der Waals surface area contributed by atoms with E-state index in [0.29, 0.717) is 6.42 Å². The quantitative estimate of drug-likeness (QED) is 0.301. The molecular formula is C18H30O3Si. The third-order valence-corrected chi connectivity index (χ3v) is 5.32. The smallest absolute Gasteiger partial charge is 0.147 e. The summed E-state index contributed by atoms with van der Waals surface area (Å²) in [5.74, 6) is 0. The highest BCUT2D eigenvalue weighted by molar-refractivity contribution is 6.76. The molecule has 0 saturated heterocycles. The number of ether oxygens (including phenoxy) is 2. The molecule has 0 fully saturated rings. The Balaban J connectivity index is 2.25. The van der Waals surface area contributed by atoms with Crippen LogP contribution in [0.1, 0.15) is 25.0 Å². The molecule has 0 heterocycles. The van der Waals surface area contributed by atoms with E-state index in [0.717, 1.165) is 23.8 Å². The van der Waals surface area contributed by atoms with Crippen molar-refractivity contribution in [2.45, 2.75) is 51.2 Å². The van der Waals surface area contributed by atoms with Crippen molar-refractivity contribution >= 4 is 8.07 Å². The van der Waals surface area contributed by atoms with Crippen LogP contribution in [0.15, 0.2) is 42.5 Å². The topological polar surface area (TPSA) is 38.7 Å². The van der Waals surface area contributed by atoms with Crippen molar-refractivity contribution in [3.8, 4) is 0 Å². The van der Waals surface area contributed by atoms with Crippen LogP contribution >= 0.6 is 0 Å². The Labute approximate surface area is 136 Å². The predicted octanol–water partition coefficient (Wildman–Crippen LogP) is 4.38. The normalized spacial score (nSPS) is 14.6. The lowest BCUT2D eigenvalue weighted by molar-refractivity contribution is -0.0712. The maximum atomic E-state index is 10.2. The number of benzene rings is 1. The summed E-state index contributed by atoms with van der Waals surface area (Å²) in [5, 5.41) is 10.2. The van der Waals surface area contributed by atoms with Crippen molar-refractivity contribution < 1.29 is 14.6 Å². The maximum absolute atomic E-state index is 10.2. The molecule has 0 spiro atoms. The fourth-order valence-corrected chi connectivity index (χ4v) is 2.67. The van der Waals surface area contributed by atoms with Gasteiger partial charge in [-0.3, -0.25) is 0 Å². The second-order valence-corrected chi connectivity index (χ2v) is 12.6. The third kappa shape index (κ3) is 7.89. The van der Waals surface area contributed by atoms with E-state index in [1.807, 2.05) is 37.3 Å². The molecule has 0 aromatic heterocycles. The van der Waals surface area contributed by atoms with Crippen LogP contribution in [0, 0.1) is 0 Å². The first-order valence-corrected chi connectivity index (χ1v) is 11.6. The van der Waals surface area contributed by atoms with Crippen LogP contribution in [-0.4, -0.2) is 32.7 Å². The second-order valence-electron chi connectivity index (χ2n) is 6.93. The van der Waals surface area contributed by atoms with Gasteiger partial charge in [-0.1, -0.05) is 56.6 Å². The molecule has 124 valence electrons. The minimum Gasteiger partial charge on any atom is -0.388 e. The Morgan fingerprint density at radius 2 is 1.86 bits per heavy atom. The molecule has 0 radical (unpaired) electrons. The van der Waals surface area contributed by atoms with E-state index in [1.54, 1.807) is 0 Å².